The van der Waals surface area contributed by atoms with Crippen molar-refractivity contribution >= 4 is 29.3 Å². The monoisotopic (exact) mass is 361 g/mol. The fraction of sp³-hybridized carbons (Fsp3) is 0.579. The summed E-state index contributed by atoms with van der Waals surface area (Å²) in [6.07, 6.45) is 6.78. The first-order valence-corrected chi connectivity index (χ1v) is 10.3. The van der Waals surface area contributed by atoms with Crippen LogP contribution in [0.2, 0.25) is 0 Å². The van der Waals surface area contributed by atoms with Crippen LogP contribution >= 0.6 is 11.8 Å². The van der Waals surface area contributed by atoms with E-state index < -0.39 is 0 Å². The number of nitrogens with one attached hydrogen (secondary N) is 2. The molecule has 1 saturated heterocycles. The molecule has 0 unspecified atom stereocenters. The lowest BCUT2D eigenvalue weighted by molar-refractivity contribution is -0.115. The molecule has 1 aromatic rings. The molecule has 2 amide bonds. The van der Waals surface area contributed by atoms with Crippen LogP contribution in [-0.2, 0) is 4.79 Å². The van der Waals surface area contributed by atoms with Gasteiger partial charge in [-0.05, 0) is 57.1 Å². The van der Waals surface area contributed by atoms with E-state index in [2.05, 4.69) is 15.5 Å². The second kappa shape index (κ2) is 9.25. The fourth-order valence-corrected chi connectivity index (χ4v) is 4.26. The molecule has 0 aliphatic carbocycles. The molecule has 136 valence electrons. The predicted molar refractivity (Wildman–Crippen MR) is 102 cm³/mol. The van der Waals surface area contributed by atoms with Crippen molar-refractivity contribution < 1.29 is 9.59 Å². The second-order valence-corrected chi connectivity index (χ2v) is 7.86. The molecule has 3 rings (SSSR count). The minimum absolute atomic E-state index is 0.0151. The number of fused-ring (bicyclic) bond motifs is 1. The Hall–Kier alpha value is -1.53. The van der Waals surface area contributed by atoms with Crippen LogP contribution in [0.15, 0.2) is 23.1 Å². The number of rotatable bonds is 5. The number of benzene rings is 1. The zero-order valence-corrected chi connectivity index (χ0v) is 15.5. The first kappa shape index (κ1) is 18.3. The quantitative estimate of drug-likeness (QED) is 0.791. The topological polar surface area (TPSA) is 61.4 Å². The number of carbonyl (C=O) groups excluding carboxylic acids is 2. The van der Waals surface area contributed by atoms with Gasteiger partial charge >= 0.3 is 0 Å². The van der Waals surface area contributed by atoms with Crippen molar-refractivity contribution in [2.75, 3.05) is 37.2 Å². The van der Waals surface area contributed by atoms with Crippen LogP contribution in [-0.4, -0.2) is 48.6 Å². The maximum atomic E-state index is 12.4. The average Bonchev–Trinajstić information content (AvgIpc) is 2.97. The summed E-state index contributed by atoms with van der Waals surface area (Å²) in [4.78, 5) is 27.6. The number of thioether (sulfide) groups is 1. The summed E-state index contributed by atoms with van der Waals surface area (Å²) in [6.45, 7) is 4.12. The Labute approximate surface area is 153 Å². The zero-order valence-electron chi connectivity index (χ0n) is 14.7. The average molecular weight is 362 g/mol. The highest BCUT2D eigenvalue weighted by molar-refractivity contribution is 7.99. The highest BCUT2D eigenvalue weighted by Crippen LogP contribution is 2.31. The standard InChI is InChI=1S/C19H27N3O2S/c23-18-8-13-25-17-7-6-15(14-16(17)21-18)19(24)20-9-5-12-22-10-3-1-2-4-11-22/h6-7,14H,1-5,8-13H2,(H,20,24)(H,21,23). The summed E-state index contributed by atoms with van der Waals surface area (Å²) in [6, 6.07) is 5.56. The molecule has 2 aliphatic rings. The molecule has 0 bridgehead atoms. The molecule has 0 radical (unpaired) electrons. The van der Waals surface area contributed by atoms with Crippen LogP contribution in [0.3, 0.4) is 0 Å². The van der Waals surface area contributed by atoms with Gasteiger partial charge in [-0.3, -0.25) is 9.59 Å². The smallest absolute Gasteiger partial charge is 0.251 e. The molecule has 0 atom stereocenters. The Morgan fingerprint density at radius 2 is 2.00 bits per heavy atom. The minimum Gasteiger partial charge on any atom is -0.352 e. The lowest BCUT2D eigenvalue weighted by atomic mass is 10.2. The van der Waals surface area contributed by atoms with Crippen LogP contribution in [0.5, 0.6) is 0 Å². The summed E-state index contributed by atoms with van der Waals surface area (Å²) >= 11 is 1.65. The van der Waals surface area contributed by atoms with Gasteiger partial charge in [0.25, 0.3) is 5.91 Å². The predicted octanol–water partition coefficient (Wildman–Crippen LogP) is 3.12. The Morgan fingerprint density at radius 1 is 1.20 bits per heavy atom. The maximum absolute atomic E-state index is 12.4. The number of nitrogens with zero attached hydrogens (tertiary/aromatic N) is 1. The lowest BCUT2D eigenvalue weighted by Gasteiger charge is -2.19. The van der Waals surface area contributed by atoms with E-state index in [9.17, 15) is 9.59 Å². The number of hydrogen-bond donors (Lipinski definition) is 2. The Kier molecular flexibility index (Phi) is 6.76. The fourth-order valence-electron chi connectivity index (χ4n) is 3.33. The number of anilines is 1. The third-order valence-electron chi connectivity index (χ3n) is 4.74. The first-order valence-electron chi connectivity index (χ1n) is 9.29. The number of carbonyl (C=O) groups is 2. The van der Waals surface area contributed by atoms with E-state index in [0.717, 1.165) is 29.3 Å². The van der Waals surface area contributed by atoms with Crippen LogP contribution in [0, 0.1) is 0 Å². The van der Waals surface area contributed by atoms with Crippen molar-refractivity contribution in [3.8, 4) is 0 Å². The third kappa shape index (κ3) is 5.47. The lowest BCUT2D eigenvalue weighted by Crippen LogP contribution is -2.30. The highest BCUT2D eigenvalue weighted by atomic mass is 32.2. The summed E-state index contributed by atoms with van der Waals surface area (Å²) in [5.74, 6) is 0.726. The molecule has 5 nitrogen and oxygen atoms in total. The van der Waals surface area contributed by atoms with Gasteiger partial charge in [-0.15, -0.1) is 11.8 Å². The van der Waals surface area contributed by atoms with Gasteiger partial charge in [0, 0.05) is 29.2 Å². The molecule has 0 saturated carbocycles. The Bertz CT molecular complexity index is 613. The molecule has 25 heavy (non-hydrogen) atoms. The third-order valence-corrected chi connectivity index (χ3v) is 5.81. The molecular formula is C19H27N3O2S. The molecule has 1 fully saturated rings. The van der Waals surface area contributed by atoms with Crippen molar-refractivity contribution in [3.05, 3.63) is 23.8 Å². The van der Waals surface area contributed by atoms with Crippen molar-refractivity contribution in [2.45, 2.75) is 43.4 Å². The van der Waals surface area contributed by atoms with Gasteiger partial charge in [0.15, 0.2) is 0 Å². The van der Waals surface area contributed by atoms with E-state index in [1.165, 1.54) is 38.8 Å². The van der Waals surface area contributed by atoms with Gasteiger partial charge in [0.1, 0.15) is 0 Å². The second-order valence-electron chi connectivity index (χ2n) is 6.72. The van der Waals surface area contributed by atoms with E-state index in [0.29, 0.717) is 18.5 Å². The maximum Gasteiger partial charge on any atom is 0.251 e. The van der Waals surface area contributed by atoms with Crippen LogP contribution in [0.4, 0.5) is 5.69 Å². The molecule has 2 heterocycles. The van der Waals surface area contributed by atoms with Gasteiger partial charge in [-0.1, -0.05) is 12.8 Å². The van der Waals surface area contributed by atoms with Gasteiger partial charge in [-0.2, -0.15) is 0 Å². The first-order chi connectivity index (χ1) is 12.2. The van der Waals surface area contributed by atoms with Crippen LogP contribution < -0.4 is 10.6 Å². The van der Waals surface area contributed by atoms with Crippen LogP contribution in [0.1, 0.15) is 48.9 Å². The van der Waals surface area contributed by atoms with E-state index in [-0.39, 0.29) is 11.8 Å². The van der Waals surface area contributed by atoms with Crippen molar-refractivity contribution in [1.29, 1.82) is 0 Å². The van der Waals surface area contributed by atoms with Crippen molar-refractivity contribution in [2.24, 2.45) is 0 Å². The Morgan fingerprint density at radius 3 is 2.80 bits per heavy atom. The molecule has 0 aromatic heterocycles. The normalized spacial score (nSPS) is 18.6. The van der Waals surface area contributed by atoms with Gasteiger partial charge in [-0.25, -0.2) is 0 Å². The molecule has 6 heteroatoms. The Balaban J connectivity index is 1.47. The summed E-state index contributed by atoms with van der Waals surface area (Å²) < 4.78 is 0. The van der Waals surface area contributed by atoms with E-state index in [4.69, 9.17) is 0 Å². The van der Waals surface area contributed by atoms with Gasteiger partial charge < -0.3 is 15.5 Å². The van der Waals surface area contributed by atoms with Gasteiger partial charge in [0.05, 0.1) is 5.69 Å². The molecular weight excluding hydrogens is 334 g/mol. The molecule has 0 spiro atoms. The van der Waals surface area contributed by atoms with Crippen molar-refractivity contribution in [1.82, 2.24) is 10.2 Å². The number of hydrogen-bond acceptors (Lipinski definition) is 4. The molecule has 2 N–H and O–H groups in total. The SMILES string of the molecule is O=C1CCSc2ccc(C(=O)NCCCN3CCCCCC3)cc2N1. The number of likely N-dealkylation sites (tertiary alicyclic amines) is 1. The van der Waals surface area contributed by atoms with E-state index in [1.54, 1.807) is 17.8 Å². The largest absolute Gasteiger partial charge is 0.352 e. The summed E-state index contributed by atoms with van der Waals surface area (Å²) in [7, 11) is 0. The van der Waals surface area contributed by atoms with E-state index in [1.807, 2.05) is 12.1 Å². The van der Waals surface area contributed by atoms with E-state index >= 15 is 0 Å². The van der Waals surface area contributed by atoms with Gasteiger partial charge in [0.2, 0.25) is 5.91 Å². The molecule has 1 aromatic carbocycles. The molecule has 2 aliphatic heterocycles. The minimum atomic E-state index is -0.0674. The highest BCUT2D eigenvalue weighted by Gasteiger charge is 2.16. The number of amides is 2. The summed E-state index contributed by atoms with van der Waals surface area (Å²) in [5, 5.41) is 5.89. The summed E-state index contributed by atoms with van der Waals surface area (Å²) in [5.41, 5.74) is 1.36. The van der Waals surface area contributed by atoms with Crippen molar-refractivity contribution in [3.63, 3.8) is 0 Å². The zero-order chi connectivity index (χ0) is 17.5. The van der Waals surface area contributed by atoms with Crippen LogP contribution in [0.25, 0.3) is 0 Å².